The third-order valence-corrected chi connectivity index (χ3v) is 7.70. The lowest BCUT2D eigenvalue weighted by Gasteiger charge is -2.29. The number of rotatable bonds is 2. The van der Waals surface area contributed by atoms with Crippen LogP contribution in [0.2, 0.25) is 0 Å². The molecule has 0 bridgehead atoms. The summed E-state index contributed by atoms with van der Waals surface area (Å²) in [5, 5.41) is -0.373. The summed E-state index contributed by atoms with van der Waals surface area (Å²) in [6, 6.07) is 7.60. The van der Waals surface area contributed by atoms with E-state index in [0.717, 1.165) is 40.1 Å². The van der Waals surface area contributed by atoms with Gasteiger partial charge in [-0.3, -0.25) is 19.4 Å². The second kappa shape index (κ2) is 7.06. The molecular weight excluding hydrogens is 451 g/mol. The molecule has 2 aliphatic rings. The van der Waals surface area contributed by atoms with Crippen molar-refractivity contribution < 1.29 is 22.8 Å². The molecule has 1 N–H and O–H groups in total. The minimum Gasteiger partial charge on any atom is -0.307 e. The van der Waals surface area contributed by atoms with E-state index in [2.05, 4.69) is 9.97 Å². The zero-order valence-corrected chi connectivity index (χ0v) is 17.1. The van der Waals surface area contributed by atoms with E-state index in [1.165, 1.54) is 12.1 Å². The topological polar surface area (TPSA) is 83.1 Å². The number of aromatic nitrogens is 2. The number of benzene rings is 1. The summed E-state index contributed by atoms with van der Waals surface area (Å²) in [7, 11) is 0. The SMILES string of the molecule is O=C1C2Sc3[nH]c(=O)sc3[C@H](c3cccnc3)C2C(=O)N1c1cccc(C(F)(F)F)c1. The molecule has 4 heterocycles. The van der Waals surface area contributed by atoms with Crippen molar-refractivity contribution in [3.8, 4) is 0 Å². The molecule has 3 atom stereocenters. The van der Waals surface area contributed by atoms with E-state index in [1.54, 1.807) is 24.5 Å². The molecule has 2 amide bonds. The number of alkyl halides is 3. The molecule has 6 nitrogen and oxygen atoms in total. The lowest BCUT2D eigenvalue weighted by Crippen LogP contribution is -2.32. The fourth-order valence-corrected chi connectivity index (χ4v) is 6.53. The van der Waals surface area contributed by atoms with Gasteiger partial charge in [0.1, 0.15) is 5.25 Å². The second-order valence-corrected chi connectivity index (χ2v) is 9.26. The molecule has 3 aromatic rings. The van der Waals surface area contributed by atoms with E-state index in [4.69, 9.17) is 0 Å². The van der Waals surface area contributed by atoms with Crippen LogP contribution in [0, 0.1) is 5.92 Å². The summed E-state index contributed by atoms with van der Waals surface area (Å²) in [6.45, 7) is 0. The Bertz CT molecular complexity index is 1260. The van der Waals surface area contributed by atoms with Gasteiger partial charge in [0.05, 0.1) is 22.2 Å². The highest BCUT2D eigenvalue weighted by molar-refractivity contribution is 8.00. The zero-order chi connectivity index (χ0) is 21.9. The van der Waals surface area contributed by atoms with E-state index < -0.39 is 40.6 Å². The number of fused-ring (bicyclic) bond motifs is 2. The summed E-state index contributed by atoms with van der Waals surface area (Å²) in [6.07, 6.45) is -1.47. The van der Waals surface area contributed by atoms with Gasteiger partial charge < -0.3 is 4.98 Å². The Morgan fingerprint density at radius 1 is 1.06 bits per heavy atom. The Hall–Kier alpha value is -2.92. The van der Waals surface area contributed by atoms with Crippen LogP contribution in [0.4, 0.5) is 18.9 Å². The molecule has 158 valence electrons. The van der Waals surface area contributed by atoms with Crippen molar-refractivity contribution in [1.29, 1.82) is 0 Å². The molecule has 0 radical (unpaired) electrons. The molecule has 2 aromatic heterocycles. The first-order chi connectivity index (χ1) is 14.8. The van der Waals surface area contributed by atoms with Crippen molar-refractivity contribution >= 4 is 40.6 Å². The maximum absolute atomic E-state index is 13.4. The van der Waals surface area contributed by atoms with Gasteiger partial charge in [-0.1, -0.05) is 35.2 Å². The number of aromatic amines is 1. The largest absolute Gasteiger partial charge is 0.416 e. The molecule has 0 spiro atoms. The monoisotopic (exact) mass is 463 g/mol. The number of hydrogen-bond acceptors (Lipinski definition) is 6. The van der Waals surface area contributed by atoms with Gasteiger partial charge in [-0.15, -0.1) is 0 Å². The third-order valence-electron chi connectivity index (χ3n) is 5.30. The number of halogens is 3. The predicted octanol–water partition coefficient (Wildman–Crippen LogP) is 3.65. The molecule has 31 heavy (non-hydrogen) atoms. The number of thioether (sulfide) groups is 1. The zero-order valence-electron chi connectivity index (χ0n) is 15.4. The number of anilines is 1. The molecule has 1 saturated heterocycles. The Balaban J connectivity index is 1.62. The van der Waals surface area contributed by atoms with Gasteiger partial charge in [0.25, 0.3) is 0 Å². The molecule has 2 unspecified atom stereocenters. The van der Waals surface area contributed by atoms with Crippen molar-refractivity contribution in [2.75, 3.05) is 4.90 Å². The first-order valence-corrected chi connectivity index (χ1v) is 10.8. The predicted molar refractivity (Wildman–Crippen MR) is 108 cm³/mol. The standard InChI is InChI=1S/C20H12F3N3O3S2/c21-20(22,23)10-4-1-5-11(7-10)26-17(27)13-12(9-3-2-6-24-8-9)14-16(25-19(29)31-14)30-15(13)18(26)28/h1-8,12-13,15H,(H,25,29)/t12-,13?,15?/m1/s1. The minimum atomic E-state index is -4.61. The quantitative estimate of drug-likeness (QED) is 0.587. The second-order valence-electron chi connectivity index (χ2n) is 7.10. The average molecular weight is 463 g/mol. The van der Waals surface area contributed by atoms with Crippen molar-refractivity contribution in [1.82, 2.24) is 9.97 Å². The number of hydrogen-bond donors (Lipinski definition) is 1. The van der Waals surface area contributed by atoms with Gasteiger partial charge in [0, 0.05) is 23.2 Å². The molecule has 11 heteroatoms. The Morgan fingerprint density at radius 3 is 2.58 bits per heavy atom. The van der Waals surface area contributed by atoms with Gasteiger partial charge in [-0.05, 0) is 29.8 Å². The lowest BCUT2D eigenvalue weighted by atomic mass is 9.84. The number of carbonyl (C=O) groups excluding carboxylic acids is 2. The van der Waals surface area contributed by atoms with E-state index >= 15 is 0 Å². The van der Waals surface area contributed by atoms with Crippen LogP contribution in [0.5, 0.6) is 0 Å². The number of thiazole rings is 1. The maximum Gasteiger partial charge on any atom is 0.416 e. The van der Waals surface area contributed by atoms with Gasteiger partial charge in [-0.2, -0.15) is 13.2 Å². The highest BCUT2D eigenvalue weighted by Gasteiger charge is 2.56. The van der Waals surface area contributed by atoms with Crippen LogP contribution in [0.1, 0.15) is 21.9 Å². The molecule has 0 aliphatic carbocycles. The first-order valence-electron chi connectivity index (χ1n) is 9.10. The number of H-pyrrole nitrogens is 1. The fourth-order valence-electron chi connectivity index (χ4n) is 4.01. The highest BCUT2D eigenvalue weighted by Crippen LogP contribution is 2.53. The van der Waals surface area contributed by atoms with E-state index in [1.807, 2.05) is 0 Å². The molecule has 1 fully saturated rings. The van der Waals surface area contributed by atoms with Crippen LogP contribution in [0.15, 0.2) is 58.6 Å². The number of nitrogens with zero attached hydrogens (tertiary/aromatic N) is 2. The van der Waals surface area contributed by atoms with Crippen molar-refractivity contribution in [2.45, 2.75) is 22.4 Å². The lowest BCUT2D eigenvalue weighted by molar-refractivity contribution is -0.137. The van der Waals surface area contributed by atoms with Crippen LogP contribution in [-0.4, -0.2) is 27.0 Å². The normalized spacial score (nSPS) is 23.1. The summed E-state index contributed by atoms with van der Waals surface area (Å²) >= 11 is 2.02. The third kappa shape index (κ3) is 3.19. The first kappa shape index (κ1) is 20.0. The summed E-state index contributed by atoms with van der Waals surface area (Å²) in [4.78, 5) is 46.5. The van der Waals surface area contributed by atoms with E-state index in [9.17, 15) is 27.6 Å². The number of imide groups is 1. The average Bonchev–Trinajstić information content (AvgIpc) is 3.23. The van der Waals surface area contributed by atoms with Crippen molar-refractivity contribution in [3.05, 3.63) is 74.5 Å². The van der Waals surface area contributed by atoms with Crippen molar-refractivity contribution in [3.63, 3.8) is 0 Å². The fraction of sp³-hybridized carbons (Fsp3) is 0.200. The van der Waals surface area contributed by atoms with Crippen molar-refractivity contribution in [2.24, 2.45) is 5.92 Å². The Kier molecular flexibility index (Phi) is 4.56. The summed E-state index contributed by atoms with van der Waals surface area (Å²) in [5.74, 6) is -2.67. The summed E-state index contributed by atoms with van der Waals surface area (Å²) < 4.78 is 39.5. The van der Waals surface area contributed by atoms with Crippen LogP contribution in [0.25, 0.3) is 0 Å². The number of amides is 2. The molecule has 2 aliphatic heterocycles. The van der Waals surface area contributed by atoms with Gasteiger partial charge in [0.15, 0.2) is 0 Å². The number of carbonyl (C=O) groups is 2. The minimum absolute atomic E-state index is 0.124. The highest BCUT2D eigenvalue weighted by atomic mass is 32.2. The number of pyridine rings is 1. The number of nitrogens with one attached hydrogen (secondary N) is 1. The van der Waals surface area contributed by atoms with Gasteiger partial charge >= 0.3 is 11.0 Å². The van der Waals surface area contributed by atoms with Crippen LogP contribution in [0.3, 0.4) is 0 Å². The van der Waals surface area contributed by atoms with Crippen LogP contribution < -0.4 is 9.77 Å². The summed E-state index contributed by atoms with van der Waals surface area (Å²) in [5.41, 5.74) is -0.414. The maximum atomic E-state index is 13.4. The smallest absolute Gasteiger partial charge is 0.307 e. The van der Waals surface area contributed by atoms with Crippen LogP contribution >= 0.6 is 23.1 Å². The molecule has 5 rings (SSSR count). The van der Waals surface area contributed by atoms with Gasteiger partial charge in [-0.25, -0.2) is 4.90 Å². The molecule has 0 saturated carbocycles. The Labute approximate surface area is 181 Å². The molecular formula is C20H12F3N3O3S2. The van der Waals surface area contributed by atoms with E-state index in [0.29, 0.717) is 15.5 Å². The van der Waals surface area contributed by atoms with Crippen LogP contribution in [-0.2, 0) is 15.8 Å². The van der Waals surface area contributed by atoms with E-state index in [-0.39, 0.29) is 10.6 Å². The Morgan fingerprint density at radius 2 is 1.87 bits per heavy atom. The van der Waals surface area contributed by atoms with Gasteiger partial charge in [0.2, 0.25) is 11.8 Å². The molecule has 1 aromatic carbocycles.